The van der Waals surface area contributed by atoms with E-state index in [2.05, 4.69) is 15.5 Å². The molecule has 3 aromatic rings. The summed E-state index contributed by atoms with van der Waals surface area (Å²) in [6, 6.07) is 16.9. The first-order valence-corrected chi connectivity index (χ1v) is 8.80. The summed E-state index contributed by atoms with van der Waals surface area (Å²) in [5.41, 5.74) is 2.29. The minimum Gasteiger partial charge on any atom is -0.322 e. The van der Waals surface area contributed by atoms with Crippen molar-refractivity contribution in [3.8, 4) is 0 Å². The Morgan fingerprint density at radius 2 is 1.59 bits per heavy atom. The standard InChI is InChI=1S/C22H18F3N3O/c1-14-5-3-8-18(11-14)27-28-20-12-15(2)9-10-19(20)21(29)26-17-7-4-6-16(13-17)22(23,24)25/h3-13H,1-2H3,(H,26,29). The van der Waals surface area contributed by atoms with Crippen molar-refractivity contribution >= 4 is 23.0 Å². The van der Waals surface area contributed by atoms with Gasteiger partial charge < -0.3 is 5.32 Å². The fraction of sp³-hybridized carbons (Fsp3) is 0.136. The first-order valence-electron chi connectivity index (χ1n) is 8.80. The molecule has 0 aliphatic heterocycles. The highest BCUT2D eigenvalue weighted by molar-refractivity contribution is 6.07. The monoisotopic (exact) mass is 397 g/mol. The number of benzene rings is 3. The van der Waals surface area contributed by atoms with Crippen molar-refractivity contribution in [2.75, 3.05) is 5.32 Å². The van der Waals surface area contributed by atoms with E-state index in [1.807, 2.05) is 32.0 Å². The minimum atomic E-state index is -4.49. The van der Waals surface area contributed by atoms with Crippen LogP contribution in [0.5, 0.6) is 0 Å². The molecule has 3 aromatic carbocycles. The molecule has 4 nitrogen and oxygen atoms in total. The number of carbonyl (C=O) groups excluding carboxylic acids is 1. The molecule has 0 aromatic heterocycles. The van der Waals surface area contributed by atoms with Crippen LogP contribution in [0, 0.1) is 13.8 Å². The zero-order valence-electron chi connectivity index (χ0n) is 15.8. The molecular formula is C22H18F3N3O. The summed E-state index contributed by atoms with van der Waals surface area (Å²) in [7, 11) is 0. The van der Waals surface area contributed by atoms with Gasteiger partial charge in [0, 0.05) is 5.69 Å². The minimum absolute atomic E-state index is 0.0481. The van der Waals surface area contributed by atoms with Crippen LogP contribution in [-0.2, 0) is 6.18 Å². The Hall–Kier alpha value is -3.48. The number of nitrogens with zero attached hydrogens (tertiary/aromatic N) is 2. The molecule has 0 spiro atoms. The number of hydrogen-bond donors (Lipinski definition) is 1. The van der Waals surface area contributed by atoms with Gasteiger partial charge in [-0.1, -0.05) is 24.3 Å². The Kier molecular flexibility index (Phi) is 5.77. The normalized spacial score (nSPS) is 11.6. The molecule has 0 unspecified atom stereocenters. The number of rotatable bonds is 4. The second kappa shape index (κ2) is 8.26. The van der Waals surface area contributed by atoms with E-state index in [0.29, 0.717) is 11.4 Å². The van der Waals surface area contributed by atoms with E-state index in [1.165, 1.54) is 12.1 Å². The summed E-state index contributed by atoms with van der Waals surface area (Å²) in [5.74, 6) is -0.567. The third kappa shape index (κ3) is 5.28. The molecule has 0 heterocycles. The SMILES string of the molecule is Cc1cccc(N=Nc2cc(C)ccc2C(=O)Nc2cccc(C(F)(F)F)c2)c1. The summed E-state index contributed by atoms with van der Waals surface area (Å²) >= 11 is 0. The van der Waals surface area contributed by atoms with Crippen molar-refractivity contribution in [2.24, 2.45) is 10.2 Å². The molecule has 0 aliphatic carbocycles. The average Bonchev–Trinajstić information content (AvgIpc) is 2.66. The molecule has 0 atom stereocenters. The van der Waals surface area contributed by atoms with Gasteiger partial charge in [-0.2, -0.15) is 18.3 Å². The largest absolute Gasteiger partial charge is 0.416 e. The number of hydrogen-bond acceptors (Lipinski definition) is 3. The van der Waals surface area contributed by atoms with E-state index in [0.717, 1.165) is 23.3 Å². The molecule has 0 bridgehead atoms. The van der Waals surface area contributed by atoms with Crippen LogP contribution >= 0.6 is 0 Å². The molecule has 148 valence electrons. The number of halogens is 3. The molecule has 7 heteroatoms. The van der Waals surface area contributed by atoms with Crippen molar-refractivity contribution in [3.05, 3.63) is 89.0 Å². The maximum atomic E-state index is 12.9. The van der Waals surface area contributed by atoms with Gasteiger partial charge in [-0.05, 0) is 67.4 Å². The number of alkyl halides is 3. The first kappa shape index (κ1) is 20.3. The predicted octanol–water partition coefficient (Wildman–Crippen LogP) is 6.99. The van der Waals surface area contributed by atoms with Gasteiger partial charge in [0.15, 0.2) is 0 Å². The maximum absolute atomic E-state index is 12.9. The van der Waals surface area contributed by atoms with Gasteiger partial charge in [-0.25, -0.2) is 0 Å². The Bertz CT molecular complexity index is 1070. The Morgan fingerprint density at radius 1 is 0.862 bits per heavy atom. The van der Waals surface area contributed by atoms with Crippen molar-refractivity contribution < 1.29 is 18.0 Å². The zero-order valence-corrected chi connectivity index (χ0v) is 15.8. The highest BCUT2D eigenvalue weighted by Gasteiger charge is 2.30. The highest BCUT2D eigenvalue weighted by Crippen LogP contribution is 2.31. The van der Waals surface area contributed by atoms with Crippen LogP contribution in [0.15, 0.2) is 77.0 Å². The topological polar surface area (TPSA) is 53.8 Å². The lowest BCUT2D eigenvalue weighted by Gasteiger charge is -2.11. The molecule has 1 amide bonds. The van der Waals surface area contributed by atoms with Gasteiger partial charge in [-0.15, -0.1) is 5.11 Å². The van der Waals surface area contributed by atoms with Crippen LogP contribution in [0.25, 0.3) is 0 Å². The predicted molar refractivity (Wildman–Crippen MR) is 106 cm³/mol. The van der Waals surface area contributed by atoms with Crippen LogP contribution in [0.2, 0.25) is 0 Å². The fourth-order valence-electron chi connectivity index (χ4n) is 2.69. The lowest BCUT2D eigenvalue weighted by Crippen LogP contribution is -2.13. The summed E-state index contributed by atoms with van der Waals surface area (Å²) < 4.78 is 38.7. The van der Waals surface area contributed by atoms with Crippen LogP contribution in [0.3, 0.4) is 0 Å². The van der Waals surface area contributed by atoms with Crippen LogP contribution in [0.4, 0.5) is 30.2 Å². The molecule has 0 saturated carbocycles. The van der Waals surface area contributed by atoms with Gasteiger partial charge in [0.05, 0.1) is 22.5 Å². The van der Waals surface area contributed by atoms with E-state index < -0.39 is 17.6 Å². The van der Waals surface area contributed by atoms with Gasteiger partial charge in [0.25, 0.3) is 5.91 Å². The van der Waals surface area contributed by atoms with E-state index in [9.17, 15) is 18.0 Å². The first-order chi connectivity index (χ1) is 13.7. The smallest absolute Gasteiger partial charge is 0.322 e. The van der Waals surface area contributed by atoms with Gasteiger partial charge in [0.2, 0.25) is 0 Å². The second-order valence-electron chi connectivity index (χ2n) is 6.59. The highest BCUT2D eigenvalue weighted by atomic mass is 19.4. The number of amides is 1. The van der Waals surface area contributed by atoms with Crippen molar-refractivity contribution in [2.45, 2.75) is 20.0 Å². The van der Waals surface area contributed by atoms with Gasteiger partial charge in [0.1, 0.15) is 0 Å². The Morgan fingerprint density at radius 3 is 2.31 bits per heavy atom. The number of anilines is 1. The summed E-state index contributed by atoms with van der Waals surface area (Å²) in [5, 5.41) is 10.9. The van der Waals surface area contributed by atoms with Crippen LogP contribution in [0.1, 0.15) is 27.0 Å². The number of nitrogens with one attached hydrogen (secondary N) is 1. The fourth-order valence-corrected chi connectivity index (χ4v) is 2.69. The Balaban J connectivity index is 1.88. The molecule has 0 aliphatic rings. The van der Waals surface area contributed by atoms with E-state index in [1.54, 1.807) is 24.3 Å². The van der Waals surface area contributed by atoms with E-state index in [4.69, 9.17) is 0 Å². The lowest BCUT2D eigenvalue weighted by atomic mass is 10.1. The van der Waals surface area contributed by atoms with Gasteiger partial charge >= 0.3 is 6.18 Å². The molecule has 3 rings (SSSR count). The van der Waals surface area contributed by atoms with Crippen LogP contribution < -0.4 is 5.32 Å². The van der Waals surface area contributed by atoms with E-state index in [-0.39, 0.29) is 11.3 Å². The average molecular weight is 397 g/mol. The van der Waals surface area contributed by atoms with Crippen molar-refractivity contribution in [1.29, 1.82) is 0 Å². The Labute approximate surface area is 166 Å². The second-order valence-corrected chi connectivity index (χ2v) is 6.59. The molecule has 29 heavy (non-hydrogen) atoms. The molecule has 0 fully saturated rings. The van der Waals surface area contributed by atoms with Gasteiger partial charge in [-0.3, -0.25) is 4.79 Å². The summed E-state index contributed by atoms with van der Waals surface area (Å²) in [6.45, 7) is 3.78. The quantitative estimate of drug-likeness (QED) is 0.474. The molecular weight excluding hydrogens is 379 g/mol. The lowest BCUT2D eigenvalue weighted by molar-refractivity contribution is -0.137. The van der Waals surface area contributed by atoms with E-state index >= 15 is 0 Å². The molecule has 1 N–H and O–H groups in total. The van der Waals surface area contributed by atoms with Crippen LogP contribution in [-0.4, -0.2) is 5.91 Å². The third-order valence-corrected chi connectivity index (χ3v) is 4.12. The number of carbonyl (C=O) groups is 1. The number of azo groups is 1. The maximum Gasteiger partial charge on any atom is 0.416 e. The summed E-state index contributed by atoms with van der Waals surface area (Å²) in [4.78, 5) is 12.7. The van der Waals surface area contributed by atoms with Crippen molar-refractivity contribution in [1.82, 2.24) is 0 Å². The molecule has 0 saturated heterocycles. The summed E-state index contributed by atoms with van der Waals surface area (Å²) in [6.07, 6.45) is -4.49. The zero-order chi connectivity index (χ0) is 21.0. The molecule has 0 radical (unpaired) electrons. The van der Waals surface area contributed by atoms with Crippen molar-refractivity contribution in [3.63, 3.8) is 0 Å². The third-order valence-electron chi connectivity index (χ3n) is 4.12. The number of aryl methyl sites for hydroxylation is 2.